The molecule has 0 aromatic carbocycles. The summed E-state index contributed by atoms with van der Waals surface area (Å²) >= 11 is 3.73. The molecule has 0 saturated carbocycles. The number of allylic oxidation sites excluding steroid dienone is 1. The van der Waals surface area contributed by atoms with Crippen LogP contribution in [0.3, 0.4) is 0 Å². The molecule has 0 radical (unpaired) electrons. The second-order valence-corrected chi connectivity index (χ2v) is 7.86. The number of dihydropyridines is 1. The Morgan fingerprint density at radius 1 is 1.38 bits per heavy atom. The van der Waals surface area contributed by atoms with Crippen LogP contribution in [0.2, 0.25) is 0 Å². The van der Waals surface area contributed by atoms with E-state index in [2.05, 4.69) is 66.7 Å². The molecule has 2 aromatic heterocycles. The fourth-order valence-corrected chi connectivity index (χ4v) is 4.34. The van der Waals surface area contributed by atoms with Gasteiger partial charge in [0.1, 0.15) is 11.8 Å². The molecule has 2 aromatic rings. The molecular formula is C19H21BrN6. The molecule has 7 heteroatoms. The Balaban J connectivity index is 1.79. The normalized spacial score (nSPS) is 26.0. The van der Waals surface area contributed by atoms with Crippen molar-refractivity contribution < 1.29 is 0 Å². The number of hydrogen-bond donors (Lipinski definition) is 1. The van der Waals surface area contributed by atoms with Crippen LogP contribution in [-0.2, 0) is 0 Å². The van der Waals surface area contributed by atoms with Crippen molar-refractivity contribution in [1.29, 1.82) is 5.26 Å². The minimum atomic E-state index is -0.134. The quantitative estimate of drug-likeness (QED) is 0.820. The number of aliphatic imine (C=N–C) groups is 1. The van der Waals surface area contributed by atoms with E-state index >= 15 is 0 Å². The van der Waals surface area contributed by atoms with E-state index in [9.17, 15) is 5.26 Å². The van der Waals surface area contributed by atoms with E-state index < -0.39 is 0 Å². The summed E-state index contributed by atoms with van der Waals surface area (Å²) in [4.78, 5) is 11.6. The number of piperazine rings is 1. The van der Waals surface area contributed by atoms with Crippen molar-refractivity contribution in [1.82, 2.24) is 14.9 Å². The Morgan fingerprint density at radius 3 is 3.04 bits per heavy atom. The third kappa shape index (κ3) is 2.93. The molecule has 0 bridgehead atoms. The first-order valence-corrected chi connectivity index (χ1v) is 9.65. The Labute approximate surface area is 161 Å². The van der Waals surface area contributed by atoms with Gasteiger partial charge in [-0.1, -0.05) is 0 Å². The van der Waals surface area contributed by atoms with Gasteiger partial charge in [0.05, 0.1) is 17.1 Å². The van der Waals surface area contributed by atoms with E-state index in [4.69, 9.17) is 0 Å². The lowest BCUT2D eigenvalue weighted by molar-refractivity contribution is 0.426. The fraction of sp³-hybridized carbons (Fsp3) is 0.421. The first-order valence-electron chi connectivity index (χ1n) is 8.86. The maximum atomic E-state index is 9.22. The standard InChI is InChI=1S/C19H21BrN6/c1-12-10-25(13(2)9-24-12)16-4-6-23-19-18(16)15(20)11-26(19)17-7-14(8-21)3-5-22-17/h3-6,11-13,17,24H,7,9-10H2,1-2H3/t12-,13+,17?/m1/s1. The molecule has 2 aliphatic heterocycles. The zero-order valence-corrected chi connectivity index (χ0v) is 16.4. The number of halogens is 1. The van der Waals surface area contributed by atoms with Gasteiger partial charge in [-0.2, -0.15) is 5.26 Å². The minimum Gasteiger partial charge on any atom is -0.365 e. The number of pyridine rings is 1. The van der Waals surface area contributed by atoms with Gasteiger partial charge in [0, 0.05) is 60.2 Å². The highest BCUT2D eigenvalue weighted by Gasteiger charge is 2.27. The number of fused-ring (bicyclic) bond motifs is 1. The predicted octanol–water partition coefficient (Wildman–Crippen LogP) is 3.41. The zero-order valence-electron chi connectivity index (χ0n) is 14.9. The van der Waals surface area contributed by atoms with E-state index in [-0.39, 0.29) is 6.17 Å². The van der Waals surface area contributed by atoms with Gasteiger partial charge in [0.25, 0.3) is 0 Å². The summed E-state index contributed by atoms with van der Waals surface area (Å²) in [5.41, 5.74) is 2.83. The highest BCUT2D eigenvalue weighted by atomic mass is 79.9. The fourth-order valence-electron chi connectivity index (χ4n) is 3.74. The number of nitriles is 1. The van der Waals surface area contributed by atoms with Crippen LogP contribution >= 0.6 is 15.9 Å². The summed E-state index contributed by atoms with van der Waals surface area (Å²) < 4.78 is 3.08. The Morgan fingerprint density at radius 2 is 2.23 bits per heavy atom. The van der Waals surface area contributed by atoms with Crippen molar-refractivity contribution in [2.45, 2.75) is 38.5 Å². The molecule has 0 amide bonds. The highest BCUT2D eigenvalue weighted by Crippen LogP contribution is 2.37. The lowest BCUT2D eigenvalue weighted by Gasteiger charge is -2.39. The maximum Gasteiger partial charge on any atom is 0.144 e. The van der Waals surface area contributed by atoms with Gasteiger partial charge in [0.15, 0.2) is 0 Å². The molecule has 1 fully saturated rings. The second kappa shape index (κ2) is 6.86. The van der Waals surface area contributed by atoms with Crippen LogP contribution < -0.4 is 10.2 Å². The van der Waals surface area contributed by atoms with E-state index in [0.29, 0.717) is 18.5 Å². The molecule has 0 spiro atoms. The lowest BCUT2D eigenvalue weighted by atomic mass is 10.1. The van der Waals surface area contributed by atoms with Crippen LogP contribution in [0.15, 0.2) is 39.6 Å². The van der Waals surface area contributed by atoms with Crippen molar-refractivity contribution in [2.75, 3.05) is 18.0 Å². The SMILES string of the molecule is C[C@@H]1CN(c2ccnc3c2c(Br)cn3C2CC(C#N)=CC=N2)[C@@H](C)CN1. The summed E-state index contributed by atoms with van der Waals surface area (Å²) in [7, 11) is 0. The molecule has 3 atom stereocenters. The minimum absolute atomic E-state index is 0.134. The summed E-state index contributed by atoms with van der Waals surface area (Å²) in [6.45, 7) is 6.38. The van der Waals surface area contributed by atoms with Crippen LogP contribution in [0.1, 0.15) is 26.4 Å². The molecule has 4 heterocycles. The van der Waals surface area contributed by atoms with E-state index in [1.807, 2.05) is 12.4 Å². The number of rotatable bonds is 2. The van der Waals surface area contributed by atoms with E-state index in [0.717, 1.165) is 34.2 Å². The third-order valence-corrected chi connectivity index (χ3v) is 5.72. The molecule has 4 rings (SSSR count). The number of hydrogen-bond acceptors (Lipinski definition) is 5. The Hall–Kier alpha value is -2.17. The number of nitrogens with zero attached hydrogens (tertiary/aromatic N) is 5. The highest BCUT2D eigenvalue weighted by molar-refractivity contribution is 9.10. The van der Waals surface area contributed by atoms with Gasteiger partial charge in [0.2, 0.25) is 0 Å². The molecule has 134 valence electrons. The van der Waals surface area contributed by atoms with Gasteiger partial charge >= 0.3 is 0 Å². The van der Waals surface area contributed by atoms with Gasteiger partial charge in [-0.05, 0) is 41.9 Å². The van der Waals surface area contributed by atoms with E-state index in [1.165, 1.54) is 5.69 Å². The number of nitrogens with one attached hydrogen (secondary N) is 1. The monoisotopic (exact) mass is 412 g/mol. The molecule has 0 aliphatic carbocycles. The summed E-state index contributed by atoms with van der Waals surface area (Å²) in [6, 6.07) is 5.19. The Bertz CT molecular complexity index is 937. The molecule has 2 aliphatic rings. The molecular weight excluding hydrogens is 392 g/mol. The number of anilines is 1. The van der Waals surface area contributed by atoms with Crippen molar-refractivity contribution in [3.05, 3.63) is 34.6 Å². The van der Waals surface area contributed by atoms with Crippen LogP contribution in [0.5, 0.6) is 0 Å². The van der Waals surface area contributed by atoms with Crippen molar-refractivity contribution >= 4 is 38.9 Å². The first-order chi connectivity index (χ1) is 12.6. The number of aromatic nitrogens is 2. The van der Waals surface area contributed by atoms with Crippen LogP contribution in [0.25, 0.3) is 11.0 Å². The molecule has 26 heavy (non-hydrogen) atoms. The van der Waals surface area contributed by atoms with Crippen LogP contribution in [-0.4, -0.2) is 40.9 Å². The van der Waals surface area contributed by atoms with Crippen LogP contribution in [0, 0.1) is 11.3 Å². The molecule has 1 N–H and O–H groups in total. The molecule has 6 nitrogen and oxygen atoms in total. The topological polar surface area (TPSA) is 69.2 Å². The van der Waals surface area contributed by atoms with Gasteiger partial charge in [-0.25, -0.2) is 4.98 Å². The zero-order chi connectivity index (χ0) is 18.3. The lowest BCUT2D eigenvalue weighted by Crippen LogP contribution is -2.54. The molecule has 1 unspecified atom stereocenters. The maximum absolute atomic E-state index is 9.22. The average molecular weight is 413 g/mol. The average Bonchev–Trinajstić information content (AvgIpc) is 3.01. The summed E-state index contributed by atoms with van der Waals surface area (Å²) in [5.74, 6) is 0. The van der Waals surface area contributed by atoms with Gasteiger partial charge in [-0.3, -0.25) is 4.99 Å². The van der Waals surface area contributed by atoms with E-state index in [1.54, 1.807) is 12.3 Å². The van der Waals surface area contributed by atoms with Crippen molar-refractivity contribution in [3.8, 4) is 6.07 Å². The van der Waals surface area contributed by atoms with Crippen molar-refractivity contribution in [2.24, 2.45) is 4.99 Å². The molecule has 1 saturated heterocycles. The smallest absolute Gasteiger partial charge is 0.144 e. The second-order valence-electron chi connectivity index (χ2n) is 7.01. The van der Waals surface area contributed by atoms with Gasteiger partial charge in [-0.15, -0.1) is 0 Å². The summed E-state index contributed by atoms with van der Waals surface area (Å²) in [5, 5.41) is 13.9. The van der Waals surface area contributed by atoms with Crippen molar-refractivity contribution in [3.63, 3.8) is 0 Å². The van der Waals surface area contributed by atoms with Crippen LogP contribution in [0.4, 0.5) is 5.69 Å². The Kier molecular flexibility index (Phi) is 4.55. The third-order valence-electron chi connectivity index (χ3n) is 5.12. The first kappa shape index (κ1) is 17.3. The summed E-state index contributed by atoms with van der Waals surface area (Å²) in [6.07, 6.45) is 7.87. The van der Waals surface area contributed by atoms with Gasteiger partial charge < -0.3 is 14.8 Å². The predicted molar refractivity (Wildman–Crippen MR) is 108 cm³/mol. The largest absolute Gasteiger partial charge is 0.365 e.